The van der Waals surface area contributed by atoms with E-state index >= 15 is 0 Å². The fraction of sp³-hybridized carbons (Fsp3) is 0.692. The van der Waals surface area contributed by atoms with E-state index in [1.54, 1.807) is 6.92 Å². The van der Waals surface area contributed by atoms with Crippen LogP contribution in [0.1, 0.15) is 24.6 Å². The molecule has 2 aliphatic rings. The summed E-state index contributed by atoms with van der Waals surface area (Å²) in [4.78, 5) is 25.5. The van der Waals surface area contributed by atoms with Crippen LogP contribution in [0.3, 0.4) is 0 Å². The number of aromatic nitrogens is 2. The van der Waals surface area contributed by atoms with Crippen LogP contribution in [-0.2, 0) is 22.9 Å². The van der Waals surface area contributed by atoms with Crippen molar-refractivity contribution in [3.05, 3.63) is 32.6 Å². The number of aromatic amines is 1. The van der Waals surface area contributed by atoms with E-state index in [0.29, 0.717) is 12.0 Å². The van der Waals surface area contributed by atoms with Gasteiger partial charge < -0.3 is 9.84 Å². The highest BCUT2D eigenvalue weighted by atomic mass is 31.2. The van der Waals surface area contributed by atoms with Crippen LogP contribution in [0.15, 0.2) is 15.8 Å². The number of aliphatic hydroxyl groups is 1. The number of rotatable bonds is 4. The summed E-state index contributed by atoms with van der Waals surface area (Å²) in [5.74, 6) is 0. The van der Waals surface area contributed by atoms with Crippen molar-refractivity contribution in [3.8, 4) is 0 Å². The van der Waals surface area contributed by atoms with Gasteiger partial charge in [0, 0.05) is 18.2 Å². The van der Waals surface area contributed by atoms with E-state index < -0.39 is 37.5 Å². The van der Waals surface area contributed by atoms with Gasteiger partial charge in [0.15, 0.2) is 0 Å². The molecule has 134 valence electrons. The van der Waals surface area contributed by atoms with Crippen molar-refractivity contribution in [3.63, 3.8) is 0 Å². The normalized spacial score (nSPS) is 29.7. The Balaban J connectivity index is 1.66. The summed E-state index contributed by atoms with van der Waals surface area (Å²) >= 11 is 0. The second-order valence-electron chi connectivity index (χ2n) is 5.67. The molecule has 0 amide bonds. The molecule has 2 aliphatic heterocycles. The van der Waals surface area contributed by atoms with Gasteiger partial charge in [-0.15, -0.1) is 0 Å². The molecule has 0 radical (unpaired) electrons. The first kappa shape index (κ1) is 17.5. The van der Waals surface area contributed by atoms with E-state index in [1.807, 2.05) is 0 Å². The van der Waals surface area contributed by atoms with Gasteiger partial charge in [-0.3, -0.25) is 27.9 Å². The maximum absolute atomic E-state index is 12.1. The Kier molecular flexibility index (Phi) is 5.05. The third-order valence-electron chi connectivity index (χ3n) is 3.84. The predicted octanol–water partition coefficient (Wildman–Crippen LogP) is 0.0550. The van der Waals surface area contributed by atoms with Gasteiger partial charge >= 0.3 is 13.5 Å². The molecule has 11 heteroatoms. The molecule has 0 unspecified atom stereocenters. The molecular formula is C13H19N2O8P. The fourth-order valence-corrected chi connectivity index (χ4v) is 3.78. The van der Waals surface area contributed by atoms with E-state index in [0.717, 1.165) is 0 Å². The second kappa shape index (κ2) is 6.91. The molecule has 2 saturated heterocycles. The number of ether oxygens (including phenoxy) is 1. The van der Waals surface area contributed by atoms with Gasteiger partial charge in [-0.2, -0.15) is 0 Å². The first-order chi connectivity index (χ1) is 11.4. The molecule has 1 aromatic heterocycles. The van der Waals surface area contributed by atoms with E-state index in [4.69, 9.17) is 18.3 Å². The molecule has 10 nitrogen and oxygen atoms in total. The average molecular weight is 362 g/mol. The maximum atomic E-state index is 12.1. The van der Waals surface area contributed by atoms with Gasteiger partial charge in [-0.1, -0.05) is 0 Å². The Hall–Kier alpha value is -1.29. The zero-order valence-electron chi connectivity index (χ0n) is 13.0. The topological polar surface area (TPSA) is 129 Å². The van der Waals surface area contributed by atoms with Crippen LogP contribution in [-0.4, -0.2) is 46.7 Å². The Morgan fingerprint density at radius 1 is 1.42 bits per heavy atom. The molecule has 0 saturated carbocycles. The van der Waals surface area contributed by atoms with Crippen LogP contribution in [0.4, 0.5) is 0 Å². The van der Waals surface area contributed by atoms with Crippen molar-refractivity contribution in [2.75, 3.05) is 19.8 Å². The largest absolute Gasteiger partial charge is 0.474 e. The van der Waals surface area contributed by atoms with Gasteiger partial charge in [0.05, 0.1) is 25.9 Å². The van der Waals surface area contributed by atoms with Crippen LogP contribution in [0, 0.1) is 6.92 Å². The number of hydrogen-bond donors (Lipinski definition) is 2. The lowest BCUT2D eigenvalue weighted by Crippen LogP contribution is -2.33. The second-order valence-corrected chi connectivity index (χ2v) is 7.34. The lowest BCUT2D eigenvalue weighted by Gasteiger charge is -2.24. The predicted molar refractivity (Wildman–Crippen MR) is 80.7 cm³/mol. The number of nitrogens with zero attached hydrogens (tertiary/aromatic N) is 1. The molecule has 24 heavy (non-hydrogen) atoms. The summed E-state index contributed by atoms with van der Waals surface area (Å²) in [6.07, 6.45) is -0.347. The van der Waals surface area contributed by atoms with Crippen LogP contribution < -0.4 is 11.2 Å². The SMILES string of the molecule is Cc1cn([C@H]2C[C@H](O)[C@@H](COP3(=O)OCCCO3)O2)c(=O)[nH]c1=O. The van der Waals surface area contributed by atoms with Crippen molar-refractivity contribution in [2.24, 2.45) is 0 Å². The highest BCUT2D eigenvalue weighted by Crippen LogP contribution is 2.52. The van der Waals surface area contributed by atoms with Gasteiger partial charge in [0.25, 0.3) is 5.56 Å². The van der Waals surface area contributed by atoms with E-state index in [2.05, 4.69) is 4.98 Å². The van der Waals surface area contributed by atoms with Crippen LogP contribution in [0.5, 0.6) is 0 Å². The van der Waals surface area contributed by atoms with Crippen LogP contribution in [0.25, 0.3) is 0 Å². The lowest BCUT2D eigenvalue weighted by molar-refractivity contribution is -0.0505. The molecule has 0 bridgehead atoms. The monoisotopic (exact) mass is 362 g/mol. The molecule has 0 aliphatic carbocycles. The van der Waals surface area contributed by atoms with Crippen molar-refractivity contribution in [2.45, 2.75) is 38.2 Å². The standard InChI is InChI=1S/C13H19N2O8P/c1-8-6-15(13(18)14-12(8)17)11-5-9(16)10(23-11)7-22-24(19)20-3-2-4-21-24/h6,9-11,16H,2-5,7H2,1H3,(H,14,17,18)/t9-,10+,11+/m0/s1. The molecule has 1 aromatic rings. The van der Waals surface area contributed by atoms with Gasteiger partial charge in [0.1, 0.15) is 12.3 Å². The number of nitrogens with one attached hydrogen (secondary N) is 1. The van der Waals surface area contributed by atoms with Crippen LogP contribution in [0.2, 0.25) is 0 Å². The van der Waals surface area contributed by atoms with Crippen molar-refractivity contribution < 1.29 is 28.0 Å². The van der Waals surface area contributed by atoms with Crippen LogP contribution >= 0.6 is 7.82 Å². The molecule has 0 spiro atoms. The minimum absolute atomic E-state index is 0.130. The quantitative estimate of drug-likeness (QED) is 0.719. The molecule has 3 rings (SSSR count). The molecule has 3 atom stereocenters. The molecule has 0 aromatic carbocycles. The van der Waals surface area contributed by atoms with Gasteiger partial charge in [0.2, 0.25) is 0 Å². The maximum Gasteiger partial charge on any atom is 0.474 e. The summed E-state index contributed by atoms with van der Waals surface area (Å²) in [5.41, 5.74) is -0.753. The fourth-order valence-electron chi connectivity index (χ4n) is 2.52. The molecule has 2 N–H and O–H groups in total. The highest BCUT2D eigenvalue weighted by molar-refractivity contribution is 7.48. The Morgan fingerprint density at radius 3 is 2.83 bits per heavy atom. The molecular weight excluding hydrogens is 343 g/mol. The van der Waals surface area contributed by atoms with Gasteiger partial charge in [-0.25, -0.2) is 9.36 Å². The Bertz CT molecular complexity index is 749. The van der Waals surface area contributed by atoms with E-state index in [1.165, 1.54) is 10.8 Å². The van der Waals surface area contributed by atoms with E-state index in [-0.39, 0.29) is 26.2 Å². The summed E-state index contributed by atoms with van der Waals surface area (Å²) < 4.78 is 34.1. The smallest absolute Gasteiger partial charge is 0.390 e. The molecule has 3 heterocycles. The number of phosphoric acid groups is 1. The lowest BCUT2D eigenvalue weighted by atomic mass is 10.2. The number of H-pyrrole nitrogens is 1. The first-order valence-corrected chi connectivity index (χ1v) is 9.03. The van der Waals surface area contributed by atoms with Crippen molar-refractivity contribution in [1.82, 2.24) is 9.55 Å². The molecule has 2 fully saturated rings. The van der Waals surface area contributed by atoms with E-state index in [9.17, 15) is 19.3 Å². The van der Waals surface area contributed by atoms with Crippen molar-refractivity contribution in [1.29, 1.82) is 0 Å². The number of phosphoric ester groups is 1. The average Bonchev–Trinajstić information content (AvgIpc) is 2.90. The Morgan fingerprint density at radius 2 is 2.12 bits per heavy atom. The van der Waals surface area contributed by atoms with Crippen molar-refractivity contribution >= 4 is 7.82 Å². The summed E-state index contributed by atoms with van der Waals surface area (Å²) in [6, 6.07) is 0. The first-order valence-electron chi connectivity index (χ1n) is 7.57. The zero-order valence-corrected chi connectivity index (χ0v) is 13.9. The summed E-state index contributed by atoms with van der Waals surface area (Å²) in [6.45, 7) is 1.91. The third-order valence-corrected chi connectivity index (χ3v) is 5.31. The number of hydrogen-bond acceptors (Lipinski definition) is 8. The summed E-state index contributed by atoms with van der Waals surface area (Å²) in [7, 11) is -3.62. The Labute approximate surface area is 136 Å². The highest BCUT2D eigenvalue weighted by Gasteiger charge is 2.39. The minimum atomic E-state index is -3.62. The summed E-state index contributed by atoms with van der Waals surface area (Å²) in [5, 5.41) is 10.1. The number of aliphatic hydroxyl groups excluding tert-OH is 1. The number of aryl methyl sites for hydroxylation is 1. The van der Waals surface area contributed by atoms with Gasteiger partial charge in [-0.05, 0) is 13.3 Å². The zero-order chi connectivity index (χ0) is 17.3. The minimum Gasteiger partial charge on any atom is -0.390 e. The third kappa shape index (κ3) is 3.69.